The third-order valence-corrected chi connectivity index (χ3v) is 9.89. The molecule has 10 rings (SSSR count). The van der Waals surface area contributed by atoms with E-state index in [0.717, 1.165) is 67.3 Å². The first-order valence-corrected chi connectivity index (χ1v) is 17.4. The standard InChI is InChI=1S/C47H31N5/c1-3-11-35(12-4-1)45-40-25-24-38-37(32-20-22-33(23-21-32)42-31-51-30-8-7-18-43(51)50-42)15-9-16-39(38)47(40)52(46(45)36-13-5-2-6-14-36)44-19-10-17-41(49-44)34-26-28-48-29-27-34/h1-31H. The topological polar surface area (TPSA) is 48.0 Å². The van der Waals surface area contributed by atoms with Crippen molar-refractivity contribution in [1.29, 1.82) is 0 Å². The SMILES string of the molecule is c1ccc(-c2c(-c3ccccc3)n(-c3cccc(-c4ccncc4)n3)c3c2ccc2c(-c4ccc(-c5cn6ccccc6n5)cc4)cccc23)cc1. The van der Waals surface area contributed by atoms with Gasteiger partial charge in [-0.3, -0.25) is 9.55 Å². The van der Waals surface area contributed by atoms with Crippen molar-refractivity contribution in [3.63, 3.8) is 0 Å². The Kier molecular flexibility index (Phi) is 7.07. The van der Waals surface area contributed by atoms with Gasteiger partial charge in [0.1, 0.15) is 11.5 Å². The van der Waals surface area contributed by atoms with Crippen molar-refractivity contribution in [3.8, 4) is 61.8 Å². The summed E-state index contributed by atoms with van der Waals surface area (Å²) >= 11 is 0. The summed E-state index contributed by atoms with van der Waals surface area (Å²) in [5.74, 6) is 0.857. The Morgan fingerprint density at radius 3 is 1.90 bits per heavy atom. The highest BCUT2D eigenvalue weighted by atomic mass is 15.1. The number of benzene rings is 5. The Morgan fingerprint density at radius 2 is 1.12 bits per heavy atom. The van der Waals surface area contributed by atoms with Crippen LogP contribution in [0.3, 0.4) is 0 Å². The summed E-state index contributed by atoms with van der Waals surface area (Å²) in [6.45, 7) is 0. The molecule has 5 heterocycles. The van der Waals surface area contributed by atoms with Gasteiger partial charge in [0.2, 0.25) is 0 Å². The fourth-order valence-corrected chi connectivity index (χ4v) is 7.51. The van der Waals surface area contributed by atoms with Crippen LogP contribution in [0.2, 0.25) is 0 Å². The Labute approximate surface area is 300 Å². The monoisotopic (exact) mass is 665 g/mol. The van der Waals surface area contributed by atoms with Gasteiger partial charge in [0.05, 0.1) is 22.6 Å². The fourth-order valence-electron chi connectivity index (χ4n) is 7.51. The molecule has 0 bridgehead atoms. The lowest BCUT2D eigenvalue weighted by Crippen LogP contribution is -2.02. The number of rotatable bonds is 6. The third kappa shape index (κ3) is 4.98. The number of nitrogens with zero attached hydrogens (tertiary/aromatic N) is 5. The maximum absolute atomic E-state index is 5.33. The molecule has 0 aliphatic heterocycles. The second-order valence-electron chi connectivity index (χ2n) is 12.9. The molecular formula is C47H31N5. The van der Waals surface area contributed by atoms with E-state index < -0.39 is 0 Å². The van der Waals surface area contributed by atoms with Crippen LogP contribution in [0.1, 0.15) is 0 Å². The highest BCUT2D eigenvalue weighted by molar-refractivity contribution is 6.18. The lowest BCUT2D eigenvalue weighted by atomic mass is 9.94. The second kappa shape index (κ2) is 12.3. The van der Waals surface area contributed by atoms with Crippen LogP contribution >= 0.6 is 0 Å². The highest BCUT2D eigenvalue weighted by Gasteiger charge is 2.24. The van der Waals surface area contributed by atoms with E-state index in [1.54, 1.807) is 0 Å². The molecule has 0 aliphatic rings. The molecule has 0 amide bonds. The molecule has 0 aliphatic carbocycles. The molecule has 0 unspecified atom stereocenters. The minimum absolute atomic E-state index is 0.857. The Morgan fingerprint density at radius 1 is 0.423 bits per heavy atom. The van der Waals surface area contributed by atoms with Gasteiger partial charge in [0.15, 0.2) is 0 Å². The smallest absolute Gasteiger partial charge is 0.138 e. The molecule has 244 valence electrons. The molecule has 0 saturated carbocycles. The Hall–Kier alpha value is -7.11. The summed E-state index contributed by atoms with van der Waals surface area (Å²) in [6.07, 6.45) is 7.75. The molecule has 10 aromatic rings. The van der Waals surface area contributed by atoms with Crippen molar-refractivity contribution >= 4 is 27.3 Å². The number of aromatic nitrogens is 5. The predicted octanol–water partition coefficient (Wildman–Crippen LogP) is 11.6. The molecule has 0 saturated heterocycles. The van der Waals surface area contributed by atoms with Gasteiger partial charge < -0.3 is 4.40 Å². The van der Waals surface area contributed by atoms with E-state index in [9.17, 15) is 0 Å². The van der Waals surface area contributed by atoms with E-state index in [-0.39, 0.29) is 0 Å². The minimum Gasteiger partial charge on any atom is -0.306 e. The summed E-state index contributed by atoms with van der Waals surface area (Å²) in [6, 6.07) is 57.8. The van der Waals surface area contributed by atoms with Gasteiger partial charge in [0.25, 0.3) is 0 Å². The van der Waals surface area contributed by atoms with Gasteiger partial charge in [-0.15, -0.1) is 0 Å². The third-order valence-electron chi connectivity index (χ3n) is 9.89. The van der Waals surface area contributed by atoms with Crippen molar-refractivity contribution in [2.24, 2.45) is 0 Å². The zero-order valence-electron chi connectivity index (χ0n) is 28.1. The van der Waals surface area contributed by atoms with Crippen molar-refractivity contribution < 1.29 is 0 Å². The van der Waals surface area contributed by atoms with Gasteiger partial charge in [0, 0.05) is 52.3 Å². The van der Waals surface area contributed by atoms with Gasteiger partial charge in [-0.25, -0.2) is 9.97 Å². The summed E-state index contributed by atoms with van der Waals surface area (Å²) in [4.78, 5) is 14.4. The van der Waals surface area contributed by atoms with Crippen LogP contribution in [0, 0.1) is 0 Å². The minimum atomic E-state index is 0.857. The highest BCUT2D eigenvalue weighted by Crippen LogP contribution is 2.46. The van der Waals surface area contributed by atoms with E-state index in [1.807, 2.05) is 48.9 Å². The molecule has 0 N–H and O–H groups in total. The van der Waals surface area contributed by atoms with Crippen LogP contribution in [0.4, 0.5) is 0 Å². The van der Waals surface area contributed by atoms with Gasteiger partial charge >= 0.3 is 0 Å². The van der Waals surface area contributed by atoms with Crippen molar-refractivity contribution in [1.82, 2.24) is 23.9 Å². The lowest BCUT2D eigenvalue weighted by Gasteiger charge is -2.15. The largest absolute Gasteiger partial charge is 0.306 e. The molecule has 52 heavy (non-hydrogen) atoms. The van der Waals surface area contributed by atoms with Gasteiger partial charge in [-0.1, -0.05) is 127 Å². The summed E-state index contributed by atoms with van der Waals surface area (Å²) in [5, 5.41) is 3.52. The molecule has 0 atom stereocenters. The van der Waals surface area contributed by atoms with E-state index in [2.05, 4.69) is 154 Å². The molecule has 0 fully saturated rings. The zero-order chi connectivity index (χ0) is 34.4. The van der Waals surface area contributed by atoms with Gasteiger partial charge in [-0.2, -0.15) is 0 Å². The van der Waals surface area contributed by atoms with Crippen molar-refractivity contribution in [2.45, 2.75) is 0 Å². The van der Waals surface area contributed by atoms with Crippen LogP contribution in [0.25, 0.3) is 89.2 Å². The van der Waals surface area contributed by atoms with Crippen molar-refractivity contribution in [2.75, 3.05) is 0 Å². The maximum Gasteiger partial charge on any atom is 0.138 e. The molecule has 5 aromatic heterocycles. The average Bonchev–Trinajstić information content (AvgIpc) is 3.82. The molecule has 5 nitrogen and oxygen atoms in total. The van der Waals surface area contributed by atoms with Crippen LogP contribution in [0.5, 0.6) is 0 Å². The number of hydrogen-bond acceptors (Lipinski definition) is 3. The number of fused-ring (bicyclic) bond motifs is 4. The van der Waals surface area contributed by atoms with Crippen LogP contribution in [-0.2, 0) is 0 Å². The second-order valence-corrected chi connectivity index (χ2v) is 12.9. The molecule has 0 spiro atoms. The van der Waals surface area contributed by atoms with Crippen molar-refractivity contribution in [3.05, 3.63) is 189 Å². The molecule has 5 heteroatoms. The first kappa shape index (κ1) is 29.8. The zero-order valence-corrected chi connectivity index (χ0v) is 28.1. The van der Waals surface area contributed by atoms with E-state index in [4.69, 9.17) is 9.97 Å². The van der Waals surface area contributed by atoms with E-state index >= 15 is 0 Å². The van der Waals surface area contributed by atoms with Crippen LogP contribution in [-0.4, -0.2) is 23.9 Å². The maximum atomic E-state index is 5.33. The lowest BCUT2D eigenvalue weighted by molar-refractivity contribution is 1.06. The summed E-state index contributed by atoms with van der Waals surface area (Å²) in [7, 11) is 0. The molecule has 0 radical (unpaired) electrons. The summed E-state index contributed by atoms with van der Waals surface area (Å²) < 4.78 is 4.43. The van der Waals surface area contributed by atoms with Gasteiger partial charge in [-0.05, 0) is 64.0 Å². The first-order chi connectivity index (χ1) is 25.8. The van der Waals surface area contributed by atoms with E-state index in [0.29, 0.717) is 0 Å². The summed E-state index contributed by atoms with van der Waals surface area (Å²) in [5.41, 5.74) is 12.9. The van der Waals surface area contributed by atoms with Crippen LogP contribution < -0.4 is 0 Å². The van der Waals surface area contributed by atoms with E-state index in [1.165, 1.54) is 21.9 Å². The molecule has 5 aromatic carbocycles. The number of pyridine rings is 3. The first-order valence-electron chi connectivity index (χ1n) is 17.4. The normalized spacial score (nSPS) is 11.5. The number of imidazole rings is 1. The number of hydrogen-bond donors (Lipinski definition) is 0. The molecular weight excluding hydrogens is 635 g/mol. The fraction of sp³-hybridized carbons (Fsp3) is 0. The Bertz CT molecular complexity index is 2840. The predicted molar refractivity (Wildman–Crippen MR) is 212 cm³/mol. The average molecular weight is 666 g/mol. The van der Waals surface area contributed by atoms with Crippen LogP contribution in [0.15, 0.2) is 189 Å². The quantitative estimate of drug-likeness (QED) is 0.178. The Balaban J connectivity index is 1.23.